The summed E-state index contributed by atoms with van der Waals surface area (Å²) in [6.45, 7) is 2.66. The van der Waals surface area contributed by atoms with E-state index in [1.165, 1.54) is 11.6 Å². The molecule has 0 spiro atoms. The van der Waals surface area contributed by atoms with E-state index in [-0.39, 0.29) is 17.9 Å². The Labute approximate surface area is 117 Å². The Morgan fingerprint density at radius 3 is 3.10 bits per heavy atom. The smallest absolute Gasteiger partial charge is 0.267 e. The van der Waals surface area contributed by atoms with Gasteiger partial charge in [0.05, 0.1) is 18.3 Å². The second-order valence-electron chi connectivity index (χ2n) is 4.65. The first-order valence-corrected chi connectivity index (χ1v) is 6.51. The van der Waals surface area contributed by atoms with Crippen molar-refractivity contribution >= 4 is 18.2 Å². The van der Waals surface area contributed by atoms with E-state index in [2.05, 4.69) is 4.99 Å². The third-order valence-electron chi connectivity index (χ3n) is 3.17. The molecule has 6 nitrogen and oxygen atoms in total. The highest BCUT2D eigenvalue weighted by atomic mass is 16.5. The first kappa shape index (κ1) is 14.2. The van der Waals surface area contributed by atoms with E-state index in [0.29, 0.717) is 6.54 Å². The number of carbonyl (C=O) groups is 2. The van der Waals surface area contributed by atoms with Crippen LogP contribution in [0, 0.1) is 5.92 Å². The molecule has 2 aliphatic rings. The van der Waals surface area contributed by atoms with Gasteiger partial charge in [0, 0.05) is 12.6 Å². The molecule has 2 atom stereocenters. The maximum Gasteiger partial charge on any atom is 0.267 e. The first-order chi connectivity index (χ1) is 9.65. The Bertz CT molecular complexity index is 520. The Balaban J connectivity index is 2.15. The number of allylic oxidation sites excluding steroid dienone is 3. The number of hydrogen-bond acceptors (Lipinski definition) is 4. The monoisotopic (exact) mass is 275 g/mol. The average molecular weight is 275 g/mol. The molecule has 20 heavy (non-hydrogen) atoms. The van der Waals surface area contributed by atoms with Crippen LogP contribution in [0.2, 0.25) is 0 Å². The van der Waals surface area contributed by atoms with Gasteiger partial charge in [0.25, 0.3) is 5.91 Å². The van der Waals surface area contributed by atoms with Crippen molar-refractivity contribution in [1.29, 1.82) is 0 Å². The van der Waals surface area contributed by atoms with Gasteiger partial charge in [-0.2, -0.15) is 0 Å². The van der Waals surface area contributed by atoms with Gasteiger partial charge in [-0.3, -0.25) is 19.8 Å². The lowest BCUT2D eigenvalue weighted by Crippen LogP contribution is -2.43. The molecule has 2 N–H and O–H groups in total. The number of aliphatic imine (C=N–C) groups is 1. The number of rotatable bonds is 4. The van der Waals surface area contributed by atoms with Crippen molar-refractivity contribution in [2.75, 3.05) is 6.54 Å². The van der Waals surface area contributed by atoms with E-state index in [9.17, 15) is 9.59 Å². The topological polar surface area (TPSA) is 82.0 Å². The number of hydrogen-bond donors (Lipinski definition) is 2. The average Bonchev–Trinajstić information content (AvgIpc) is 2.48. The van der Waals surface area contributed by atoms with Gasteiger partial charge in [-0.25, -0.2) is 5.48 Å². The Hall–Kier alpha value is -2.21. The van der Waals surface area contributed by atoms with Gasteiger partial charge in [-0.05, 0) is 18.1 Å². The number of nitrogens with one attached hydrogen (secondary N) is 1. The van der Waals surface area contributed by atoms with Crippen LogP contribution in [-0.2, 0) is 9.59 Å². The molecule has 2 unspecified atom stereocenters. The number of hydroxylamine groups is 1. The first-order valence-electron chi connectivity index (χ1n) is 6.51. The van der Waals surface area contributed by atoms with Gasteiger partial charge in [0.15, 0.2) is 0 Å². The Morgan fingerprint density at radius 2 is 2.40 bits per heavy atom. The molecule has 0 aromatic rings. The van der Waals surface area contributed by atoms with Crippen molar-refractivity contribution in [2.45, 2.75) is 19.4 Å². The third kappa shape index (κ3) is 3.03. The van der Waals surface area contributed by atoms with Crippen molar-refractivity contribution in [3.05, 3.63) is 36.0 Å². The molecule has 0 saturated carbocycles. The standard InChI is InChI=1S/C14H17N3O3/c1-2-7-17-9-15-12-5-3-10(4-6-13(18)16-20)8-11(12)14(17)19/h3-6,8-9,11-12,20H,2,7H2,1H3,(H,16,18)/b6-4+. The molecule has 0 aromatic carbocycles. The van der Waals surface area contributed by atoms with Gasteiger partial charge in [0.2, 0.25) is 5.91 Å². The molecule has 106 valence electrons. The fourth-order valence-corrected chi connectivity index (χ4v) is 2.19. The number of carbonyl (C=O) groups excluding carboxylic acids is 2. The lowest BCUT2D eigenvalue weighted by Gasteiger charge is -2.31. The SMILES string of the molecule is CCCN1C=NC2C=CC(/C=C/C(=O)NO)=CC2C1=O. The van der Waals surface area contributed by atoms with E-state index in [4.69, 9.17) is 5.21 Å². The summed E-state index contributed by atoms with van der Waals surface area (Å²) in [7, 11) is 0. The predicted molar refractivity (Wildman–Crippen MR) is 74.1 cm³/mol. The normalized spacial score (nSPS) is 24.8. The van der Waals surface area contributed by atoms with Crippen LogP contribution >= 0.6 is 0 Å². The summed E-state index contributed by atoms with van der Waals surface area (Å²) in [5, 5.41) is 8.42. The van der Waals surface area contributed by atoms with Crippen molar-refractivity contribution in [3.8, 4) is 0 Å². The summed E-state index contributed by atoms with van der Waals surface area (Å²) in [5.41, 5.74) is 2.26. The molecule has 2 rings (SSSR count). The Kier molecular flexibility index (Phi) is 4.47. The molecule has 1 aliphatic carbocycles. The lowest BCUT2D eigenvalue weighted by atomic mass is 9.89. The number of fused-ring (bicyclic) bond motifs is 1. The number of amides is 2. The van der Waals surface area contributed by atoms with Gasteiger partial charge in [0.1, 0.15) is 0 Å². The Morgan fingerprint density at radius 1 is 1.60 bits per heavy atom. The van der Waals surface area contributed by atoms with Crippen LogP contribution in [0.4, 0.5) is 0 Å². The lowest BCUT2D eigenvalue weighted by molar-refractivity contribution is -0.130. The van der Waals surface area contributed by atoms with Crippen molar-refractivity contribution in [2.24, 2.45) is 10.9 Å². The number of nitrogens with zero attached hydrogens (tertiary/aromatic N) is 2. The molecule has 0 fully saturated rings. The summed E-state index contributed by atoms with van der Waals surface area (Å²) in [5.74, 6) is -0.913. The zero-order valence-corrected chi connectivity index (χ0v) is 11.2. The van der Waals surface area contributed by atoms with E-state index in [0.717, 1.165) is 12.0 Å². The summed E-state index contributed by atoms with van der Waals surface area (Å²) in [4.78, 5) is 29.2. The molecule has 1 aliphatic heterocycles. The maximum atomic E-state index is 12.3. The highest BCUT2D eigenvalue weighted by Gasteiger charge is 2.32. The van der Waals surface area contributed by atoms with Crippen LogP contribution in [0.1, 0.15) is 13.3 Å². The highest BCUT2D eigenvalue weighted by Crippen LogP contribution is 2.25. The van der Waals surface area contributed by atoms with Crippen LogP contribution in [0.3, 0.4) is 0 Å². The fraction of sp³-hybridized carbons (Fsp3) is 0.357. The van der Waals surface area contributed by atoms with Gasteiger partial charge >= 0.3 is 0 Å². The van der Waals surface area contributed by atoms with E-state index in [1.54, 1.807) is 23.4 Å². The molecule has 6 heteroatoms. The van der Waals surface area contributed by atoms with Crippen molar-refractivity contribution < 1.29 is 14.8 Å². The minimum absolute atomic E-state index is 0.0220. The van der Waals surface area contributed by atoms with Crippen LogP contribution < -0.4 is 5.48 Å². The van der Waals surface area contributed by atoms with Crippen LogP contribution in [0.5, 0.6) is 0 Å². The van der Waals surface area contributed by atoms with Crippen LogP contribution in [0.25, 0.3) is 0 Å². The highest BCUT2D eigenvalue weighted by molar-refractivity contribution is 5.94. The fourth-order valence-electron chi connectivity index (χ4n) is 2.19. The van der Waals surface area contributed by atoms with Crippen LogP contribution in [0.15, 0.2) is 40.9 Å². The second kappa shape index (κ2) is 6.29. The summed E-state index contributed by atoms with van der Waals surface area (Å²) >= 11 is 0. The van der Waals surface area contributed by atoms with Crippen LogP contribution in [-0.4, -0.2) is 40.8 Å². The molecular formula is C14H17N3O3. The summed E-state index contributed by atoms with van der Waals surface area (Å²) < 4.78 is 0. The second-order valence-corrected chi connectivity index (χ2v) is 4.65. The minimum atomic E-state index is -0.609. The zero-order chi connectivity index (χ0) is 14.5. The maximum absolute atomic E-state index is 12.3. The quantitative estimate of drug-likeness (QED) is 0.452. The molecule has 0 aromatic heterocycles. The van der Waals surface area contributed by atoms with E-state index >= 15 is 0 Å². The summed E-state index contributed by atoms with van der Waals surface area (Å²) in [6.07, 6.45) is 10.7. The third-order valence-corrected chi connectivity index (χ3v) is 3.17. The predicted octanol–water partition coefficient (Wildman–Crippen LogP) is 0.809. The van der Waals surface area contributed by atoms with E-state index in [1.807, 2.05) is 19.1 Å². The van der Waals surface area contributed by atoms with Crippen molar-refractivity contribution in [1.82, 2.24) is 10.4 Å². The minimum Gasteiger partial charge on any atom is -0.303 e. The zero-order valence-electron chi connectivity index (χ0n) is 11.2. The molecule has 0 bridgehead atoms. The molecule has 2 amide bonds. The van der Waals surface area contributed by atoms with Gasteiger partial charge in [-0.1, -0.05) is 25.2 Å². The summed E-state index contributed by atoms with van der Waals surface area (Å²) in [6, 6.07) is -0.167. The van der Waals surface area contributed by atoms with E-state index < -0.39 is 5.91 Å². The molecule has 0 saturated heterocycles. The van der Waals surface area contributed by atoms with Gasteiger partial charge < -0.3 is 4.90 Å². The largest absolute Gasteiger partial charge is 0.303 e. The molecule has 0 radical (unpaired) electrons. The van der Waals surface area contributed by atoms with Crippen molar-refractivity contribution in [3.63, 3.8) is 0 Å². The molecule has 1 heterocycles. The molecular weight excluding hydrogens is 258 g/mol. The van der Waals surface area contributed by atoms with Gasteiger partial charge in [-0.15, -0.1) is 0 Å².